The van der Waals surface area contributed by atoms with Crippen LogP contribution in [0, 0.1) is 6.92 Å². The Balaban J connectivity index is 1.69. The molecule has 1 aliphatic heterocycles. The van der Waals surface area contributed by atoms with Crippen molar-refractivity contribution in [1.82, 2.24) is 20.0 Å². The van der Waals surface area contributed by atoms with Gasteiger partial charge in [-0.05, 0) is 19.8 Å². The van der Waals surface area contributed by atoms with Gasteiger partial charge in [-0.1, -0.05) is 5.16 Å². The number of aryl methyl sites for hydroxylation is 1. The molecule has 1 N–H and O–H groups in total. The third-order valence-corrected chi connectivity index (χ3v) is 3.16. The zero-order valence-electron chi connectivity index (χ0n) is 11.2. The fraction of sp³-hybridized carbons (Fsp3) is 0.385. The monoisotopic (exact) mass is 273 g/mol. The zero-order valence-corrected chi connectivity index (χ0v) is 11.2. The van der Waals surface area contributed by atoms with Crippen LogP contribution < -0.4 is 5.32 Å². The second kappa shape index (κ2) is 5.28. The number of carbonyl (C=O) groups is 1. The Labute approximate surface area is 116 Å². The standard InChI is InChI=1S/C13H15N5O2/c1-9-6-11(17-20-9)16-13-14-7-10(8-15-13)12(19)18-4-2-3-5-18/h6-8H,2-5H2,1H3,(H,14,15,16,17). The highest BCUT2D eigenvalue weighted by Gasteiger charge is 2.20. The smallest absolute Gasteiger partial charge is 0.256 e. The Morgan fingerprint density at radius 3 is 2.60 bits per heavy atom. The average molecular weight is 273 g/mol. The van der Waals surface area contributed by atoms with Gasteiger partial charge in [-0.2, -0.15) is 0 Å². The van der Waals surface area contributed by atoms with Gasteiger partial charge in [0.05, 0.1) is 5.56 Å². The number of aromatic nitrogens is 3. The Bertz CT molecular complexity index is 601. The van der Waals surface area contributed by atoms with Crippen LogP contribution in [0.4, 0.5) is 11.8 Å². The van der Waals surface area contributed by atoms with Gasteiger partial charge >= 0.3 is 0 Å². The van der Waals surface area contributed by atoms with Gasteiger partial charge in [0, 0.05) is 31.5 Å². The van der Waals surface area contributed by atoms with Gasteiger partial charge in [0.1, 0.15) is 5.76 Å². The first kappa shape index (κ1) is 12.6. The van der Waals surface area contributed by atoms with E-state index in [2.05, 4.69) is 20.4 Å². The molecule has 7 heteroatoms. The van der Waals surface area contributed by atoms with Crippen LogP contribution in [0.2, 0.25) is 0 Å². The molecule has 2 aromatic heterocycles. The van der Waals surface area contributed by atoms with Crippen LogP contribution in [0.1, 0.15) is 29.0 Å². The Hall–Kier alpha value is -2.44. The van der Waals surface area contributed by atoms with E-state index < -0.39 is 0 Å². The van der Waals surface area contributed by atoms with Crippen LogP contribution in [-0.4, -0.2) is 39.0 Å². The van der Waals surface area contributed by atoms with Crippen molar-refractivity contribution in [3.8, 4) is 0 Å². The number of anilines is 2. The fourth-order valence-electron chi connectivity index (χ4n) is 2.15. The highest BCUT2D eigenvalue weighted by molar-refractivity contribution is 5.93. The highest BCUT2D eigenvalue weighted by Crippen LogP contribution is 2.14. The van der Waals surface area contributed by atoms with E-state index in [0.717, 1.165) is 25.9 Å². The zero-order chi connectivity index (χ0) is 13.9. The summed E-state index contributed by atoms with van der Waals surface area (Å²) < 4.78 is 4.94. The van der Waals surface area contributed by atoms with Gasteiger partial charge in [-0.15, -0.1) is 0 Å². The number of nitrogens with zero attached hydrogens (tertiary/aromatic N) is 4. The SMILES string of the molecule is Cc1cc(Nc2ncc(C(=O)N3CCCC3)cn2)no1. The molecule has 0 radical (unpaired) electrons. The molecule has 0 spiro atoms. The molecule has 1 saturated heterocycles. The van der Waals surface area contributed by atoms with Gasteiger partial charge in [-0.3, -0.25) is 4.79 Å². The van der Waals surface area contributed by atoms with E-state index >= 15 is 0 Å². The van der Waals surface area contributed by atoms with Crippen molar-refractivity contribution in [3.63, 3.8) is 0 Å². The lowest BCUT2D eigenvalue weighted by molar-refractivity contribution is 0.0792. The van der Waals surface area contributed by atoms with Gasteiger partial charge < -0.3 is 14.7 Å². The molecule has 7 nitrogen and oxygen atoms in total. The molecule has 0 unspecified atom stereocenters. The summed E-state index contributed by atoms with van der Waals surface area (Å²) in [5.74, 6) is 1.62. The van der Waals surface area contributed by atoms with Crippen molar-refractivity contribution in [2.75, 3.05) is 18.4 Å². The van der Waals surface area contributed by atoms with Crippen LogP contribution in [-0.2, 0) is 0 Å². The molecule has 1 aliphatic rings. The van der Waals surface area contributed by atoms with Crippen LogP contribution in [0.15, 0.2) is 23.0 Å². The Kier molecular flexibility index (Phi) is 3.32. The normalized spacial score (nSPS) is 14.6. The summed E-state index contributed by atoms with van der Waals surface area (Å²) in [5, 5.41) is 6.70. The van der Waals surface area contributed by atoms with Crippen LogP contribution in [0.5, 0.6) is 0 Å². The molecule has 0 atom stereocenters. The van der Waals surface area contributed by atoms with E-state index in [9.17, 15) is 4.79 Å². The minimum Gasteiger partial charge on any atom is -0.360 e. The largest absolute Gasteiger partial charge is 0.360 e. The van der Waals surface area contributed by atoms with Crippen molar-refractivity contribution in [2.45, 2.75) is 19.8 Å². The summed E-state index contributed by atoms with van der Waals surface area (Å²) in [6.45, 7) is 3.44. The van der Waals surface area contributed by atoms with E-state index in [1.165, 1.54) is 12.4 Å². The van der Waals surface area contributed by atoms with Crippen LogP contribution >= 0.6 is 0 Å². The molecule has 0 saturated carbocycles. The first-order valence-electron chi connectivity index (χ1n) is 6.54. The molecular formula is C13H15N5O2. The summed E-state index contributed by atoms with van der Waals surface area (Å²) in [6, 6.07) is 1.74. The van der Waals surface area contributed by atoms with Crippen molar-refractivity contribution >= 4 is 17.7 Å². The van der Waals surface area contributed by atoms with Crippen molar-refractivity contribution in [1.29, 1.82) is 0 Å². The molecule has 3 heterocycles. The first-order chi connectivity index (χ1) is 9.72. The third-order valence-electron chi connectivity index (χ3n) is 3.16. The molecule has 3 rings (SSSR count). The van der Waals surface area contributed by atoms with Gasteiger partial charge in [0.25, 0.3) is 5.91 Å². The van der Waals surface area contributed by atoms with Gasteiger partial charge in [-0.25, -0.2) is 9.97 Å². The lowest BCUT2D eigenvalue weighted by atomic mass is 10.3. The highest BCUT2D eigenvalue weighted by atomic mass is 16.5. The van der Waals surface area contributed by atoms with Crippen LogP contribution in [0.3, 0.4) is 0 Å². The summed E-state index contributed by atoms with van der Waals surface area (Å²) in [6.07, 6.45) is 5.20. The first-order valence-corrected chi connectivity index (χ1v) is 6.54. The van der Waals surface area contributed by atoms with E-state index in [0.29, 0.717) is 23.1 Å². The van der Waals surface area contributed by atoms with Crippen LogP contribution in [0.25, 0.3) is 0 Å². The van der Waals surface area contributed by atoms with Gasteiger partial charge in [0.2, 0.25) is 5.95 Å². The van der Waals surface area contributed by atoms with Crippen molar-refractivity contribution in [3.05, 3.63) is 29.8 Å². The minimum absolute atomic E-state index is 0.00803. The number of rotatable bonds is 3. The van der Waals surface area contributed by atoms with Gasteiger partial charge in [0.15, 0.2) is 5.82 Å². The molecular weight excluding hydrogens is 258 g/mol. The Morgan fingerprint density at radius 2 is 2.00 bits per heavy atom. The molecule has 20 heavy (non-hydrogen) atoms. The molecule has 2 aromatic rings. The van der Waals surface area contributed by atoms with Crippen molar-refractivity contribution in [2.24, 2.45) is 0 Å². The Morgan fingerprint density at radius 1 is 1.30 bits per heavy atom. The number of amides is 1. The van der Waals surface area contributed by atoms with E-state index in [1.807, 2.05) is 4.90 Å². The lowest BCUT2D eigenvalue weighted by Crippen LogP contribution is -2.27. The maximum absolute atomic E-state index is 12.1. The molecule has 104 valence electrons. The number of hydrogen-bond acceptors (Lipinski definition) is 6. The number of hydrogen-bond donors (Lipinski definition) is 1. The second-order valence-corrected chi connectivity index (χ2v) is 4.74. The van der Waals surface area contributed by atoms with Crippen molar-refractivity contribution < 1.29 is 9.32 Å². The predicted molar refractivity (Wildman–Crippen MR) is 71.7 cm³/mol. The maximum Gasteiger partial charge on any atom is 0.256 e. The number of carbonyl (C=O) groups excluding carboxylic acids is 1. The fourth-order valence-corrected chi connectivity index (χ4v) is 2.15. The quantitative estimate of drug-likeness (QED) is 0.917. The average Bonchev–Trinajstić information content (AvgIpc) is 3.11. The summed E-state index contributed by atoms with van der Waals surface area (Å²) in [7, 11) is 0. The summed E-state index contributed by atoms with van der Waals surface area (Å²) in [5.41, 5.74) is 0.508. The summed E-state index contributed by atoms with van der Waals surface area (Å²) in [4.78, 5) is 22.2. The maximum atomic E-state index is 12.1. The second-order valence-electron chi connectivity index (χ2n) is 4.74. The van der Waals surface area contributed by atoms with E-state index in [-0.39, 0.29) is 5.91 Å². The topological polar surface area (TPSA) is 84.2 Å². The number of likely N-dealkylation sites (tertiary alicyclic amines) is 1. The molecule has 0 aromatic carbocycles. The number of nitrogens with one attached hydrogen (secondary N) is 1. The molecule has 0 bridgehead atoms. The third kappa shape index (κ3) is 2.61. The van der Waals surface area contributed by atoms with E-state index in [1.54, 1.807) is 13.0 Å². The molecule has 0 aliphatic carbocycles. The molecule has 1 fully saturated rings. The van der Waals surface area contributed by atoms with E-state index in [4.69, 9.17) is 4.52 Å². The predicted octanol–water partition coefficient (Wildman–Crippen LogP) is 1.75. The summed E-state index contributed by atoms with van der Waals surface area (Å²) >= 11 is 0. The molecule has 1 amide bonds. The lowest BCUT2D eigenvalue weighted by Gasteiger charge is -2.14. The minimum atomic E-state index is -0.00803.